The number of rotatable bonds is 9. The molecule has 0 saturated heterocycles. The van der Waals surface area contributed by atoms with Gasteiger partial charge in [-0.05, 0) is 49.3 Å². The number of carboxylic acid groups (broad SMARTS) is 1. The van der Waals surface area contributed by atoms with Gasteiger partial charge in [0, 0.05) is 11.8 Å². The number of alkyl halides is 2. The van der Waals surface area contributed by atoms with E-state index in [9.17, 15) is 18.7 Å². The highest BCUT2D eigenvalue weighted by Crippen LogP contribution is 2.49. The largest absolute Gasteiger partial charge is 0.492 e. The summed E-state index contributed by atoms with van der Waals surface area (Å²) in [5.41, 5.74) is 1.18. The second kappa shape index (κ2) is 8.91. The van der Waals surface area contributed by atoms with Crippen LogP contribution in [0.2, 0.25) is 0 Å². The van der Waals surface area contributed by atoms with Crippen molar-refractivity contribution in [3.8, 4) is 16.9 Å². The minimum absolute atomic E-state index is 0.0611. The minimum atomic E-state index is -2.74. The zero-order valence-electron chi connectivity index (χ0n) is 17.6. The lowest BCUT2D eigenvalue weighted by Gasteiger charge is -2.20. The van der Waals surface area contributed by atoms with Crippen LogP contribution in [0.15, 0.2) is 30.6 Å². The van der Waals surface area contributed by atoms with Gasteiger partial charge in [-0.2, -0.15) is 0 Å². The standard InChI is InChI=1S/C24H27F2NO4/c1-2-30-20-13-27-12-19(21(20)22(25)26)18-8-7-16(24(9-10-24)23(28)29)11-15(18)14-31-17-5-3-4-6-17/h7-8,11-13,17,22H,2-6,9-10,14H2,1H3,(H,28,29). The smallest absolute Gasteiger partial charge is 0.314 e. The Balaban J connectivity index is 1.78. The Kier molecular flexibility index (Phi) is 6.23. The van der Waals surface area contributed by atoms with Crippen molar-refractivity contribution in [2.45, 2.75) is 70.0 Å². The Morgan fingerprint density at radius 3 is 2.58 bits per heavy atom. The monoisotopic (exact) mass is 431 g/mol. The van der Waals surface area contributed by atoms with Crippen molar-refractivity contribution in [3.63, 3.8) is 0 Å². The van der Waals surface area contributed by atoms with Crippen LogP contribution in [0, 0.1) is 0 Å². The van der Waals surface area contributed by atoms with Gasteiger partial charge in [0.05, 0.1) is 36.5 Å². The van der Waals surface area contributed by atoms with Crippen LogP contribution in [0.1, 0.15) is 68.6 Å². The van der Waals surface area contributed by atoms with Gasteiger partial charge in [0.15, 0.2) is 0 Å². The van der Waals surface area contributed by atoms with Crippen LogP contribution in [-0.4, -0.2) is 28.8 Å². The quantitative estimate of drug-likeness (QED) is 0.555. The topological polar surface area (TPSA) is 68.7 Å². The zero-order valence-corrected chi connectivity index (χ0v) is 17.6. The molecule has 2 saturated carbocycles. The minimum Gasteiger partial charge on any atom is -0.492 e. The van der Waals surface area contributed by atoms with Crippen LogP contribution in [-0.2, 0) is 21.6 Å². The summed E-state index contributed by atoms with van der Waals surface area (Å²) in [6.07, 6.45) is 5.50. The highest BCUT2D eigenvalue weighted by Gasteiger charge is 2.51. The molecule has 7 heteroatoms. The summed E-state index contributed by atoms with van der Waals surface area (Å²) < 4.78 is 39.6. The third-order valence-corrected chi connectivity index (χ3v) is 6.35. The number of ether oxygens (including phenoxy) is 2. The van der Waals surface area contributed by atoms with Gasteiger partial charge in [0.2, 0.25) is 0 Å². The molecule has 0 radical (unpaired) electrons. The van der Waals surface area contributed by atoms with Crippen LogP contribution in [0.5, 0.6) is 5.75 Å². The number of nitrogens with zero attached hydrogens (tertiary/aromatic N) is 1. The first-order chi connectivity index (χ1) is 15.0. The Hall–Kier alpha value is -2.54. The van der Waals surface area contributed by atoms with Crippen LogP contribution < -0.4 is 4.74 Å². The van der Waals surface area contributed by atoms with Gasteiger partial charge < -0.3 is 14.6 Å². The van der Waals surface area contributed by atoms with E-state index in [-0.39, 0.29) is 36.2 Å². The second-order valence-electron chi connectivity index (χ2n) is 8.31. The highest BCUT2D eigenvalue weighted by atomic mass is 19.3. The number of hydrogen-bond donors (Lipinski definition) is 1. The maximum Gasteiger partial charge on any atom is 0.314 e. The first kappa shape index (κ1) is 21.7. The van der Waals surface area contributed by atoms with E-state index in [0.717, 1.165) is 25.7 Å². The molecule has 0 atom stereocenters. The fraction of sp³-hybridized carbons (Fsp3) is 0.500. The molecule has 1 aromatic heterocycles. The molecule has 2 aliphatic carbocycles. The third kappa shape index (κ3) is 4.28. The molecule has 0 unspecified atom stereocenters. The van der Waals surface area contributed by atoms with Crippen LogP contribution >= 0.6 is 0 Å². The molecule has 2 aliphatic rings. The molecule has 0 amide bonds. The van der Waals surface area contributed by atoms with Crippen LogP contribution in [0.3, 0.4) is 0 Å². The van der Waals surface area contributed by atoms with Crippen molar-refractivity contribution >= 4 is 5.97 Å². The predicted molar refractivity (Wildman–Crippen MR) is 111 cm³/mol. The summed E-state index contributed by atoms with van der Waals surface area (Å²) in [6.45, 7) is 2.23. The summed E-state index contributed by atoms with van der Waals surface area (Å²) in [5.74, 6) is -0.790. The molecular weight excluding hydrogens is 404 g/mol. The number of hydrogen-bond acceptors (Lipinski definition) is 4. The average molecular weight is 431 g/mol. The molecule has 1 N–H and O–H groups in total. The van der Waals surface area contributed by atoms with E-state index in [1.165, 1.54) is 12.4 Å². The number of benzene rings is 1. The van der Waals surface area contributed by atoms with Crippen molar-refractivity contribution < 1.29 is 28.2 Å². The van der Waals surface area contributed by atoms with Gasteiger partial charge in [-0.15, -0.1) is 0 Å². The number of halogens is 2. The number of carboxylic acids is 1. The first-order valence-electron chi connectivity index (χ1n) is 10.8. The van der Waals surface area contributed by atoms with Gasteiger partial charge in [0.25, 0.3) is 6.43 Å². The fourth-order valence-electron chi connectivity index (χ4n) is 4.45. The van der Waals surface area contributed by atoms with E-state index in [4.69, 9.17) is 9.47 Å². The number of pyridine rings is 1. The Bertz CT molecular complexity index is 953. The number of aliphatic carboxylic acids is 1. The number of aromatic nitrogens is 1. The van der Waals surface area contributed by atoms with Crippen LogP contribution in [0.25, 0.3) is 11.1 Å². The molecule has 2 aromatic rings. The van der Waals surface area contributed by atoms with E-state index in [2.05, 4.69) is 4.98 Å². The lowest BCUT2D eigenvalue weighted by molar-refractivity contribution is -0.140. The third-order valence-electron chi connectivity index (χ3n) is 6.35. The van der Waals surface area contributed by atoms with E-state index >= 15 is 0 Å². The number of carbonyl (C=O) groups is 1. The van der Waals surface area contributed by atoms with Gasteiger partial charge in [-0.1, -0.05) is 31.0 Å². The maximum atomic E-state index is 14.0. The van der Waals surface area contributed by atoms with Crippen LogP contribution in [0.4, 0.5) is 8.78 Å². The molecular formula is C24H27F2NO4. The Morgan fingerprint density at radius 1 is 1.23 bits per heavy atom. The second-order valence-corrected chi connectivity index (χ2v) is 8.31. The van der Waals surface area contributed by atoms with Gasteiger partial charge in [-0.25, -0.2) is 8.78 Å². The fourth-order valence-corrected chi connectivity index (χ4v) is 4.45. The lowest BCUT2D eigenvalue weighted by atomic mass is 9.89. The summed E-state index contributed by atoms with van der Waals surface area (Å²) >= 11 is 0. The molecule has 166 valence electrons. The lowest BCUT2D eigenvalue weighted by Crippen LogP contribution is -2.20. The van der Waals surface area contributed by atoms with Crippen molar-refractivity contribution in [1.29, 1.82) is 0 Å². The predicted octanol–water partition coefficient (Wildman–Crippen LogP) is 5.66. The van der Waals surface area contributed by atoms with E-state index in [1.54, 1.807) is 19.1 Å². The van der Waals surface area contributed by atoms with E-state index < -0.39 is 17.8 Å². The maximum absolute atomic E-state index is 14.0. The van der Waals surface area contributed by atoms with Gasteiger partial charge in [-0.3, -0.25) is 9.78 Å². The average Bonchev–Trinajstić information content (AvgIpc) is 3.41. The normalized spacial score (nSPS) is 17.8. The molecule has 5 nitrogen and oxygen atoms in total. The zero-order chi connectivity index (χ0) is 22.0. The molecule has 0 aliphatic heterocycles. The molecule has 1 aromatic carbocycles. The summed E-state index contributed by atoms with van der Waals surface area (Å²) in [4.78, 5) is 15.9. The highest BCUT2D eigenvalue weighted by molar-refractivity contribution is 5.85. The Morgan fingerprint density at radius 2 is 1.97 bits per heavy atom. The molecule has 0 spiro atoms. The van der Waals surface area contributed by atoms with Crippen molar-refractivity contribution in [3.05, 3.63) is 47.3 Å². The van der Waals surface area contributed by atoms with Crippen molar-refractivity contribution in [1.82, 2.24) is 4.98 Å². The van der Waals surface area contributed by atoms with Crippen molar-refractivity contribution in [2.24, 2.45) is 0 Å². The van der Waals surface area contributed by atoms with Crippen molar-refractivity contribution in [2.75, 3.05) is 6.61 Å². The first-order valence-corrected chi connectivity index (χ1v) is 10.8. The molecule has 0 bridgehead atoms. The Labute approximate surface area is 180 Å². The molecule has 31 heavy (non-hydrogen) atoms. The molecule has 4 rings (SSSR count). The van der Waals surface area contributed by atoms with E-state index in [0.29, 0.717) is 29.5 Å². The summed E-state index contributed by atoms with van der Waals surface area (Å²) in [6, 6.07) is 5.27. The van der Waals surface area contributed by atoms with Gasteiger partial charge in [0.1, 0.15) is 5.75 Å². The molecule has 1 heterocycles. The molecule has 2 fully saturated rings. The van der Waals surface area contributed by atoms with Gasteiger partial charge >= 0.3 is 5.97 Å². The van der Waals surface area contributed by atoms with E-state index in [1.807, 2.05) is 6.07 Å². The summed E-state index contributed by atoms with van der Waals surface area (Å²) in [7, 11) is 0. The summed E-state index contributed by atoms with van der Waals surface area (Å²) in [5, 5.41) is 9.69. The SMILES string of the molecule is CCOc1cncc(-c2ccc(C3(C(=O)O)CC3)cc2COC2CCCC2)c1C(F)F.